The summed E-state index contributed by atoms with van der Waals surface area (Å²) in [5.41, 5.74) is 2.55. The summed E-state index contributed by atoms with van der Waals surface area (Å²) in [6, 6.07) is 8.44. The average Bonchev–Trinajstić information content (AvgIpc) is 2.37. The van der Waals surface area contributed by atoms with E-state index >= 15 is 0 Å². The molecule has 1 heterocycles. The lowest BCUT2D eigenvalue weighted by atomic mass is 9.86. The zero-order valence-electron chi connectivity index (χ0n) is 11.8. The van der Waals surface area contributed by atoms with Crippen molar-refractivity contribution in [2.75, 3.05) is 6.61 Å². The van der Waals surface area contributed by atoms with Crippen LogP contribution in [0.25, 0.3) is 0 Å². The number of ether oxygens (including phenoxy) is 1. The molecule has 0 amide bonds. The van der Waals surface area contributed by atoms with Crippen molar-refractivity contribution in [3.63, 3.8) is 0 Å². The first-order valence-corrected chi connectivity index (χ1v) is 7.69. The van der Waals surface area contributed by atoms with E-state index in [2.05, 4.69) is 50.0 Å². The molecule has 110 valence electrons. The van der Waals surface area contributed by atoms with E-state index in [0.717, 1.165) is 12.0 Å². The molecule has 0 aromatic heterocycles. The molecule has 0 saturated heterocycles. The molecule has 0 fully saturated rings. The molecule has 1 atom stereocenters. The highest BCUT2D eigenvalue weighted by atomic mass is 35.6. The van der Waals surface area contributed by atoms with E-state index in [0.29, 0.717) is 6.61 Å². The van der Waals surface area contributed by atoms with Crippen LogP contribution in [0.4, 0.5) is 0 Å². The maximum atomic E-state index is 5.82. The highest BCUT2D eigenvalue weighted by molar-refractivity contribution is 6.76. The van der Waals surface area contributed by atoms with Crippen LogP contribution in [0.3, 0.4) is 0 Å². The quantitative estimate of drug-likeness (QED) is 0.646. The fraction of sp³-hybridized carbons (Fsp3) is 0.533. The number of hydrogen-bond acceptors (Lipinski definition) is 2. The van der Waals surface area contributed by atoms with Crippen LogP contribution in [0, 0.1) is 0 Å². The molecule has 2 rings (SSSR count). The lowest BCUT2D eigenvalue weighted by molar-refractivity contribution is 0.255. The standard InChI is InChI=1S/C15H18Cl3NO/c1-14(2,3)11-6-4-10(5-7-11)12-8-9-20-13(19-12)15(16,17)18/h4-7,12H,8-9H2,1-3H3. The maximum absolute atomic E-state index is 5.82. The fourth-order valence-electron chi connectivity index (χ4n) is 2.11. The summed E-state index contributed by atoms with van der Waals surface area (Å²) in [6.45, 7) is 7.08. The fourth-order valence-corrected chi connectivity index (χ4v) is 2.42. The van der Waals surface area contributed by atoms with Gasteiger partial charge in [-0.05, 0) is 16.5 Å². The van der Waals surface area contributed by atoms with Crippen LogP contribution < -0.4 is 0 Å². The third-order valence-corrected chi connectivity index (χ3v) is 3.79. The second-order valence-electron chi connectivity index (χ2n) is 5.96. The lowest BCUT2D eigenvalue weighted by Gasteiger charge is -2.25. The van der Waals surface area contributed by atoms with Gasteiger partial charge >= 0.3 is 0 Å². The van der Waals surface area contributed by atoms with Crippen LogP contribution in [0.1, 0.15) is 44.4 Å². The van der Waals surface area contributed by atoms with Crippen LogP contribution in [-0.4, -0.2) is 16.3 Å². The molecule has 5 heteroatoms. The molecule has 0 N–H and O–H groups in total. The molecular weight excluding hydrogens is 317 g/mol. The van der Waals surface area contributed by atoms with E-state index in [-0.39, 0.29) is 17.4 Å². The molecular formula is C15H18Cl3NO. The second kappa shape index (κ2) is 5.75. The predicted octanol–water partition coefficient (Wildman–Crippen LogP) is 5.21. The number of nitrogens with zero attached hydrogens (tertiary/aromatic N) is 1. The Morgan fingerprint density at radius 2 is 1.70 bits per heavy atom. The number of hydrogen-bond donors (Lipinski definition) is 0. The Kier molecular flexibility index (Phi) is 4.58. The Labute approximate surface area is 135 Å². The summed E-state index contributed by atoms with van der Waals surface area (Å²) in [7, 11) is 0. The third-order valence-electron chi connectivity index (χ3n) is 3.31. The Morgan fingerprint density at radius 1 is 1.10 bits per heavy atom. The predicted molar refractivity (Wildman–Crippen MR) is 86.2 cm³/mol. The molecule has 2 nitrogen and oxygen atoms in total. The van der Waals surface area contributed by atoms with Crippen molar-refractivity contribution < 1.29 is 4.74 Å². The Balaban J connectivity index is 2.24. The van der Waals surface area contributed by atoms with E-state index in [1.54, 1.807) is 0 Å². The smallest absolute Gasteiger partial charge is 0.266 e. The van der Waals surface area contributed by atoms with Gasteiger partial charge in [0, 0.05) is 6.42 Å². The van der Waals surface area contributed by atoms with E-state index in [9.17, 15) is 0 Å². The van der Waals surface area contributed by atoms with Crippen molar-refractivity contribution in [3.8, 4) is 0 Å². The highest BCUT2D eigenvalue weighted by Gasteiger charge is 2.33. The monoisotopic (exact) mass is 333 g/mol. The first-order valence-electron chi connectivity index (χ1n) is 6.56. The van der Waals surface area contributed by atoms with Gasteiger partial charge < -0.3 is 4.74 Å². The van der Waals surface area contributed by atoms with Crippen molar-refractivity contribution in [1.29, 1.82) is 0 Å². The van der Waals surface area contributed by atoms with Crippen LogP contribution in [0.15, 0.2) is 29.3 Å². The van der Waals surface area contributed by atoms with Gasteiger partial charge in [0.25, 0.3) is 3.79 Å². The molecule has 1 aliphatic rings. The number of aliphatic imine (C=N–C) groups is 1. The van der Waals surface area contributed by atoms with Gasteiger partial charge in [0.2, 0.25) is 5.90 Å². The van der Waals surface area contributed by atoms with Gasteiger partial charge in [-0.25, -0.2) is 4.99 Å². The van der Waals surface area contributed by atoms with Crippen LogP contribution >= 0.6 is 34.8 Å². The maximum Gasteiger partial charge on any atom is 0.266 e. The normalized spacial score (nSPS) is 20.3. The van der Waals surface area contributed by atoms with Gasteiger partial charge in [0.1, 0.15) is 0 Å². The van der Waals surface area contributed by atoms with Gasteiger partial charge in [-0.1, -0.05) is 79.8 Å². The minimum Gasteiger partial charge on any atom is -0.478 e. The minimum absolute atomic E-state index is 0.0107. The topological polar surface area (TPSA) is 21.6 Å². The van der Waals surface area contributed by atoms with Crippen LogP contribution in [0.5, 0.6) is 0 Å². The lowest BCUT2D eigenvalue weighted by Crippen LogP contribution is -2.27. The molecule has 0 bridgehead atoms. The van der Waals surface area contributed by atoms with Gasteiger partial charge in [-0.3, -0.25) is 0 Å². The third kappa shape index (κ3) is 3.81. The van der Waals surface area contributed by atoms with Gasteiger partial charge in [0.15, 0.2) is 0 Å². The SMILES string of the molecule is CC(C)(C)c1ccc(C2CCOC(C(Cl)(Cl)Cl)=N2)cc1. The molecule has 1 aliphatic heterocycles. The number of benzene rings is 1. The number of rotatable bonds is 1. The largest absolute Gasteiger partial charge is 0.478 e. The van der Waals surface area contributed by atoms with Gasteiger partial charge in [-0.15, -0.1) is 0 Å². The molecule has 0 saturated carbocycles. The summed E-state index contributed by atoms with van der Waals surface area (Å²) < 4.78 is 3.73. The molecule has 1 aromatic rings. The summed E-state index contributed by atoms with van der Waals surface area (Å²) >= 11 is 17.5. The highest BCUT2D eigenvalue weighted by Crippen LogP contribution is 2.35. The zero-order chi connectivity index (χ0) is 15.0. The first-order chi connectivity index (χ1) is 9.18. The van der Waals surface area contributed by atoms with E-state index in [4.69, 9.17) is 39.5 Å². The number of alkyl halides is 3. The second-order valence-corrected chi connectivity index (χ2v) is 8.24. The van der Waals surface area contributed by atoms with Gasteiger partial charge in [-0.2, -0.15) is 0 Å². The Hall–Kier alpha value is -0.440. The number of halogens is 3. The van der Waals surface area contributed by atoms with Gasteiger partial charge in [0.05, 0.1) is 12.6 Å². The molecule has 20 heavy (non-hydrogen) atoms. The summed E-state index contributed by atoms with van der Waals surface area (Å²) in [5, 5.41) is 0. The molecule has 0 aliphatic carbocycles. The zero-order valence-corrected chi connectivity index (χ0v) is 14.1. The summed E-state index contributed by atoms with van der Waals surface area (Å²) in [5.74, 6) is 0.179. The molecule has 0 radical (unpaired) electrons. The van der Waals surface area contributed by atoms with E-state index < -0.39 is 3.79 Å². The first kappa shape index (κ1) is 15.9. The van der Waals surface area contributed by atoms with Crippen LogP contribution in [0.2, 0.25) is 0 Å². The molecule has 1 unspecified atom stereocenters. The Morgan fingerprint density at radius 3 is 2.20 bits per heavy atom. The van der Waals surface area contributed by atoms with Crippen molar-refractivity contribution in [1.82, 2.24) is 0 Å². The van der Waals surface area contributed by atoms with Crippen molar-refractivity contribution in [2.45, 2.75) is 42.4 Å². The van der Waals surface area contributed by atoms with Crippen molar-refractivity contribution >= 4 is 40.7 Å². The van der Waals surface area contributed by atoms with Crippen molar-refractivity contribution in [2.24, 2.45) is 4.99 Å². The van der Waals surface area contributed by atoms with E-state index in [1.807, 2.05) is 0 Å². The molecule has 0 spiro atoms. The van der Waals surface area contributed by atoms with E-state index in [1.165, 1.54) is 5.56 Å². The van der Waals surface area contributed by atoms with Crippen molar-refractivity contribution in [3.05, 3.63) is 35.4 Å². The molecule has 1 aromatic carbocycles. The summed E-state index contributed by atoms with van der Waals surface area (Å²) in [4.78, 5) is 4.41. The summed E-state index contributed by atoms with van der Waals surface area (Å²) in [6.07, 6.45) is 0.791. The Bertz CT molecular complexity index is 497. The van der Waals surface area contributed by atoms with Crippen LogP contribution in [-0.2, 0) is 10.2 Å². The minimum atomic E-state index is -1.59. The average molecular weight is 335 g/mol.